The molecule has 5 heteroatoms. The van der Waals surface area contributed by atoms with Crippen molar-refractivity contribution in [1.82, 2.24) is 5.32 Å². The molecule has 1 aliphatic heterocycles. The number of hydrogen-bond donors (Lipinski definition) is 2. The van der Waals surface area contributed by atoms with Gasteiger partial charge in [-0.05, 0) is 36.6 Å². The van der Waals surface area contributed by atoms with Gasteiger partial charge in [0.15, 0.2) is 0 Å². The number of hydrogen-bond acceptors (Lipinski definition) is 3. The lowest BCUT2D eigenvalue weighted by molar-refractivity contribution is -0.117. The van der Waals surface area contributed by atoms with Gasteiger partial charge in [0.25, 0.3) is 0 Å². The minimum atomic E-state index is 0.00998. The van der Waals surface area contributed by atoms with Crippen LogP contribution in [0.2, 0.25) is 0 Å². The van der Waals surface area contributed by atoms with Gasteiger partial charge in [-0.2, -0.15) is 0 Å². The van der Waals surface area contributed by atoms with Gasteiger partial charge < -0.3 is 15.5 Å². The van der Waals surface area contributed by atoms with Crippen molar-refractivity contribution in [2.24, 2.45) is 0 Å². The highest BCUT2D eigenvalue weighted by molar-refractivity contribution is 6.02. The molecule has 0 bridgehead atoms. The van der Waals surface area contributed by atoms with Gasteiger partial charge >= 0.3 is 0 Å². The molecule has 1 aromatic carbocycles. The van der Waals surface area contributed by atoms with Crippen molar-refractivity contribution in [3.05, 3.63) is 23.8 Å². The van der Waals surface area contributed by atoms with E-state index in [1.54, 1.807) is 11.9 Å². The van der Waals surface area contributed by atoms with Crippen LogP contribution in [-0.2, 0) is 16.0 Å². The van der Waals surface area contributed by atoms with E-state index in [0.29, 0.717) is 18.9 Å². The predicted octanol–water partition coefficient (Wildman–Crippen LogP) is 1.29. The molecular weight excluding hydrogens is 254 g/mol. The lowest BCUT2D eigenvalue weighted by atomic mass is 10.1. The second-order valence-corrected chi connectivity index (χ2v) is 5.50. The molecule has 0 saturated heterocycles. The summed E-state index contributed by atoms with van der Waals surface area (Å²) in [6.07, 6.45) is 3.35. The van der Waals surface area contributed by atoms with Crippen molar-refractivity contribution in [3.8, 4) is 0 Å². The molecule has 0 atom stereocenters. The normalized spacial score (nSPS) is 17.2. The van der Waals surface area contributed by atoms with Crippen molar-refractivity contribution >= 4 is 23.2 Å². The van der Waals surface area contributed by atoms with Crippen LogP contribution in [0.15, 0.2) is 18.2 Å². The summed E-state index contributed by atoms with van der Waals surface area (Å²) in [5.74, 6) is 0.105. The van der Waals surface area contributed by atoms with E-state index in [4.69, 9.17) is 0 Å². The zero-order chi connectivity index (χ0) is 14.1. The monoisotopic (exact) mass is 273 g/mol. The van der Waals surface area contributed by atoms with Crippen LogP contribution >= 0.6 is 0 Å². The third-order valence-electron chi connectivity index (χ3n) is 3.80. The summed E-state index contributed by atoms with van der Waals surface area (Å²) in [5.41, 5.74) is 2.68. The van der Waals surface area contributed by atoms with E-state index in [0.717, 1.165) is 23.5 Å². The number of anilines is 2. The summed E-state index contributed by atoms with van der Waals surface area (Å²) in [7, 11) is 1.77. The van der Waals surface area contributed by atoms with E-state index in [9.17, 15) is 9.59 Å². The third kappa shape index (κ3) is 2.82. The molecule has 1 aromatic rings. The Balaban J connectivity index is 1.56. The lowest BCUT2D eigenvalue weighted by Gasteiger charge is -2.11. The highest BCUT2D eigenvalue weighted by Gasteiger charge is 2.24. The quantitative estimate of drug-likeness (QED) is 0.849. The van der Waals surface area contributed by atoms with E-state index >= 15 is 0 Å². The Hall–Kier alpha value is -1.88. The van der Waals surface area contributed by atoms with Crippen LogP contribution in [0.5, 0.6) is 0 Å². The van der Waals surface area contributed by atoms with Gasteiger partial charge in [0, 0.05) is 37.4 Å². The number of fused-ring (bicyclic) bond motifs is 1. The number of nitrogens with one attached hydrogen (secondary N) is 2. The molecule has 1 saturated carbocycles. The first-order chi connectivity index (χ1) is 9.63. The Labute approximate surface area is 118 Å². The molecule has 106 valence electrons. The first-order valence-electron chi connectivity index (χ1n) is 7.06. The van der Waals surface area contributed by atoms with Gasteiger partial charge in [-0.1, -0.05) is 0 Å². The van der Waals surface area contributed by atoms with E-state index in [1.807, 2.05) is 18.2 Å². The Bertz CT molecular complexity index is 552. The van der Waals surface area contributed by atoms with E-state index in [1.165, 1.54) is 12.8 Å². The number of rotatable bonds is 5. The molecule has 0 spiro atoms. The van der Waals surface area contributed by atoms with Crippen molar-refractivity contribution in [1.29, 1.82) is 0 Å². The van der Waals surface area contributed by atoms with E-state index < -0.39 is 0 Å². The largest absolute Gasteiger partial charge is 0.326 e. The van der Waals surface area contributed by atoms with Crippen LogP contribution in [0, 0.1) is 0 Å². The molecule has 5 nitrogen and oxygen atoms in total. The molecule has 20 heavy (non-hydrogen) atoms. The molecule has 2 aliphatic rings. The molecule has 1 aliphatic carbocycles. The van der Waals surface area contributed by atoms with Gasteiger partial charge in [-0.15, -0.1) is 0 Å². The highest BCUT2D eigenvalue weighted by Crippen LogP contribution is 2.29. The molecule has 2 N–H and O–H groups in total. The van der Waals surface area contributed by atoms with Crippen molar-refractivity contribution in [3.63, 3.8) is 0 Å². The average Bonchev–Trinajstić information content (AvgIpc) is 3.18. The topological polar surface area (TPSA) is 61.4 Å². The van der Waals surface area contributed by atoms with Crippen LogP contribution in [0.4, 0.5) is 11.4 Å². The van der Waals surface area contributed by atoms with Crippen LogP contribution in [0.25, 0.3) is 0 Å². The average molecular weight is 273 g/mol. The summed E-state index contributed by atoms with van der Waals surface area (Å²) in [4.78, 5) is 25.1. The smallest absolute Gasteiger partial charge is 0.231 e. The minimum Gasteiger partial charge on any atom is -0.326 e. The number of carbonyl (C=O) groups excluding carboxylic acids is 2. The van der Waals surface area contributed by atoms with Crippen molar-refractivity contribution in [2.75, 3.05) is 23.8 Å². The maximum absolute atomic E-state index is 11.8. The Morgan fingerprint density at radius 3 is 2.95 bits per heavy atom. The molecule has 3 rings (SSSR count). The van der Waals surface area contributed by atoms with Gasteiger partial charge in [0.2, 0.25) is 11.8 Å². The first kappa shape index (κ1) is 13.1. The molecule has 0 radical (unpaired) electrons. The van der Waals surface area contributed by atoms with Gasteiger partial charge in [0.05, 0.1) is 6.42 Å². The SMILES string of the molecule is CN1C(=O)Cc2cc(NC(=O)CCNC3CC3)ccc21. The maximum Gasteiger partial charge on any atom is 0.231 e. The molecule has 1 heterocycles. The summed E-state index contributed by atoms with van der Waals surface area (Å²) in [6.45, 7) is 0.725. The van der Waals surface area contributed by atoms with Crippen molar-refractivity contribution < 1.29 is 9.59 Å². The molecule has 0 unspecified atom stereocenters. The Morgan fingerprint density at radius 2 is 2.20 bits per heavy atom. The van der Waals surface area contributed by atoms with Crippen LogP contribution < -0.4 is 15.5 Å². The zero-order valence-corrected chi connectivity index (χ0v) is 11.6. The molecular formula is C15H19N3O2. The standard InChI is InChI=1S/C15H19N3O2/c1-18-13-5-4-12(8-10(13)9-15(18)20)17-14(19)6-7-16-11-2-3-11/h4-5,8,11,16H,2-3,6-7,9H2,1H3,(H,17,19). The fourth-order valence-electron chi connectivity index (χ4n) is 2.45. The number of likely N-dealkylation sites (N-methyl/N-ethyl adjacent to an activating group) is 1. The number of benzene rings is 1. The fourth-order valence-corrected chi connectivity index (χ4v) is 2.45. The molecule has 0 aromatic heterocycles. The van der Waals surface area contributed by atoms with Gasteiger partial charge in [-0.3, -0.25) is 9.59 Å². The highest BCUT2D eigenvalue weighted by atomic mass is 16.2. The predicted molar refractivity (Wildman–Crippen MR) is 77.8 cm³/mol. The van der Waals surface area contributed by atoms with Gasteiger partial charge in [-0.25, -0.2) is 0 Å². The van der Waals surface area contributed by atoms with Crippen LogP contribution in [0.1, 0.15) is 24.8 Å². The fraction of sp³-hybridized carbons (Fsp3) is 0.467. The maximum atomic E-state index is 11.8. The van der Waals surface area contributed by atoms with Gasteiger partial charge in [0.1, 0.15) is 0 Å². The summed E-state index contributed by atoms with van der Waals surface area (Å²) in [5, 5.41) is 6.20. The second kappa shape index (κ2) is 5.25. The lowest BCUT2D eigenvalue weighted by Crippen LogP contribution is -2.23. The third-order valence-corrected chi connectivity index (χ3v) is 3.80. The first-order valence-corrected chi connectivity index (χ1v) is 7.06. The number of carbonyl (C=O) groups is 2. The molecule has 2 amide bonds. The van der Waals surface area contributed by atoms with E-state index in [2.05, 4.69) is 10.6 Å². The zero-order valence-electron chi connectivity index (χ0n) is 11.6. The van der Waals surface area contributed by atoms with Crippen LogP contribution in [0.3, 0.4) is 0 Å². The Morgan fingerprint density at radius 1 is 1.40 bits per heavy atom. The minimum absolute atomic E-state index is 0.00998. The summed E-state index contributed by atoms with van der Waals surface area (Å²) >= 11 is 0. The Kier molecular flexibility index (Phi) is 3.44. The summed E-state index contributed by atoms with van der Waals surface area (Å²) in [6, 6.07) is 6.26. The second-order valence-electron chi connectivity index (χ2n) is 5.50. The van der Waals surface area contributed by atoms with Crippen LogP contribution in [-0.4, -0.2) is 31.4 Å². The van der Waals surface area contributed by atoms with Crippen molar-refractivity contribution in [2.45, 2.75) is 31.7 Å². The molecule has 1 fully saturated rings. The van der Waals surface area contributed by atoms with E-state index in [-0.39, 0.29) is 11.8 Å². The number of amides is 2. The number of nitrogens with zero attached hydrogens (tertiary/aromatic N) is 1. The summed E-state index contributed by atoms with van der Waals surface area (Å²) < 4.78 is 0.